The number of hydrogen-bond donors (Lipinski definition) is 2. The molecule has 8 heteroatoms. The molecule has 0 radical (unpaired) electrons. The van der Waals surface area contributed by atoms with Crippen molar-refractivity contribution in [1.29, 1.82) is 0 Å². The zero-order chi connectivity index (χ0) is 25.1. The summed E-state index contributed by atoms with van der Waals surface area (Å²) in [5.74, 6) is 0.529. The van der Waals surface area contributed by atoms with E-state index in [0.29, 0.717) is 37.2 Å². The van der Waals surface area contributed by atoms with Crippen LogP contribution in [0.4, 0.5) is 0 Å². The second-order valence-electron chi connectivity index (χ2n) is 9.16. The van der Waals surface area contributed by atoms with Crippen LogP contribution in [0, 0.1) is 5.92 Å². The van der Waals surface area contributed by atoms with Crippen LogP contribution < -0.4 is 4.74 Å². The lowest BCUT2D eigenvalue weighted by Crippen LogP contribution is -2.33. The smallest absolute Gasteiger partial charge is 0.329 e. The Labute approximate surface area is 208 Å². The number of aliphatic hydroxyl groups is 1. The Morgan fingerprint density at radius 2 is 1.81 bits per heavy atom. The molecule has 4 aromatic rings. The van der Waals surface area contributed by atoms with Gasteiger partial charge < -0.3 is 24.1 Å². The summed E-state index contributed by atoms with van der Waals surface area (Å²) in [6.07, 6.45) is 2.91. The SMILES string of the molecule is COc1ccc(-c2c(-c3ccccc3)oc3ncnc(C[C@H]4C[C@@H](O)C[C@@H](OCC(=O)O)C4)c23)cc1. The number of carboxylic acids is 1. The Bertz CT molecular complexity index is 1340. The third kappa shape index (κ3) is 5.10. The maximum atomic E-state index is 11.0. The summed E-state index contributed by atoms with van der Waals surface area (Å²) in [7, 11) is 1.63. The highest BCUT2D eigenvalue weighted by molar-refractivity contribution is 6.01. The molecule has 0 saturated heterocycles. The summed E-state index contributed by atoms with van der Waals surface area (Å²) in [6, 6.07) is 17.7. The average molecular weight is 489 g/mol. The van der Waals surface area contributed by atoms with Gasteiger partial charge in [0.15, 0.2) is 0 Å². The summed E-state index contributed by atoms with van der Waals surface area (Å²) in [4.78, 5) is 20.0. The standard InChI is InChI=1S/C28H28N2O6/c1-34-21-9-7-18(8-10-21)25-26-23(13-17-11-20(31)14-22(12-17)35-15-24(32)33)29-16-30-28(26)36-27(25)19-5-3-2-4-6-19/h2-10,16-17,20,22,31H,11-15H2,1H3,(H,32,33)/t17-,20+,22-/m0/s1. The summed E-state index contributed by atoms with van der Waals surface area (Å²) in [6.45, 7) is -0.369. The van der Waals surface area contributed by atoms with Crippen LogP contribution in [0.15, 0.2) is 65.3 Å². The molecule has 36 heavy (non-hydrogen) atoms. The van der Waals surface area contributed by atoms with Gasteiger partial charge in [-0.05, 0) is 49.3 Å². The lowest BCUT2D eigenvalue weighted by molar-refractivity contribution is -0.146. The Hall–Kier alpha value is -3.75. The highest BCUT2D eigenvalue weighted by atomic mass is 16.5. The first-order valence-electron chi connectivity index (χ1n) is 12.0. The number of methoxy groups -OCH3 is 1. The lowest BCUT2D eigenvalue weighted by Gasteiger charge is -2.32. The summed E-state index contributed by atoms with van der Waals surface area (Å²) in [5.41, 5.74) is 4.12. The molecule has 1 saturated carbocycles. The van der Waals surface area contributed by atoms with Crippen LogP contribution in [0.25, 0.3) is 33.6 Å². The number of fused-ring (bicyclic) bond motifs is 1. The monoisotopic (exact) mass is 488 g/mol. The molecule has 0 amide bonds. The third-order valence-corrected chi connectivity index (χ3v) is 6.64. The molecule has 1 aliphatic rings. The van der Waals surface area contributed by atoms with E-state index in [1.165, 1.54) is 6.33 Å². The number of aliphatic hydroxyl groups excluding tert-OH is 1. The molecule has 186 valence electrons. The van der Waals surface area contributed by atoms with Crippen LogP contribution in [0.1, 0.15) is 25.0 Å². The fraction of sp³-hybridized carbons (Fsp3) is 0.321. The van der Waals surface area contributed by atoms with Gasteiger partial charge in [-0.25, -0.2) is 14.8 Å². The third-order valence-electron chi connectivity index (χ3n) is 6.64. The van der Waals surface area contributed by atoms with Gasteiger partial charge in [-0.15, -0.1) is 0 Å². The predicted octanol–water partition coefficient (Wildman–Crippen LogP) is 4.74. The molecule has 2 N–H and O–H groups in total. The molecule has 2 aromatic carbocycles. The van der Waals surface area contributed by atoms with Gasteiger partial charge >= 0.3 is 5.97 Å². The molecule has 0 aliphatic heterocycles. The lowest BCUT2D eigenvalue weighted by atomic mass is 9.82. The number of aliphatic carboxylic acids is 1. The van der Waals surface area contributed by atoms with Crippen LogP contribution in [0.2, 0.25) is 0 Å². The van der Waals surface area contributed by atoms with Crippen molar-refractivity contribution in [3.63, 3.8) is 0 Å². The first-order chi connectivity index (χ1) is 17.5. The molecule has 1 fully saturated rings. The van der Waals surface area contributed by atoms with E-state index < -0.39 is 12.1 Å². The Kier molecular flexibility index (Phi) is 6.97. The summed E-state index contributed by atoms with van der Waals surface area (Å²) < 4.78 is 17.2. The number of nitrogens with zero attached hydrogens (tertiary/aromatic N) is 2. The molecule has 2 aromatic heterocycles. The number of furan rings is 1. The van der Waals surface area contributed by atoms with E-state index in [-0.39, 0.29) is 18.6 Å². The first kappa shape index (κ1) is 24.0. The molecular weight excluding hydrogens is 460 g/mol. The van der Waals surface area contributed by atoms with Gasteiger partial charge in [0.2, 0.25) is 5.71 Å². The minimum atomic E-state index is -1.01. The number of carboxylic acid groups (broad SMARTS) is 1. The molecule has 0 unspecified atom stereocenters. The van der Waals surface area contributed by atoms with Crippen molar-refractivity contribution in [1.82, 2.24) is 9.97 Å². The molecule has 5 rings (SSSR count). The average Bonchev–Trinajstić information content (AvgIpc) is 3.28. The second-order valence-corrected chi connectivity index (χ2v) is 9.16. The molecule has 2 heterocycles. The first-order valence-corrected chi connectivity index (χ1v) is 12.0. The van der Waals surface area contributed by atoms with Gasteiger partial charge in [0.1, 0.15) is 24.4 Å². The molecule has 3 atom stereocenters. The van der Waals surface area contributed by atoms with Gasteiger partial charge in [-0.3, -0.25) is 0 Å². The fourth-order valence-corrected chi connectivity index (χ4v) is 5.09. The number of ether oxygens (including phenoxy) is 2. The molecular formula is C28H28N2O6. The van der Waals surface area contributed by atoms with E-state index >= 15 is 0 Å². The van der Waals surface area contributed by atoms with E-state index in [2.05, 4.69) is 9.97 Å². The Balaban J connectivity index is 1.56. The Morgan fingerprint density at radius 1 is 1.03 bits per heavy atom. The molecule has 8 nitrogen and oxygen atoms in total. The maximum Gasteiger partial charge on any atom is 0.329 e. The van der Waals surface area contributed by atoms with E-state index in [1.807, 2.05) is 54.6 Å². The van der Waals surface area contributed by atoms with Crippen molar-refractivity contribution in [2.45, 2.75) is 37.9 Å². The number of carbonyl (C=O) groups is 1. The summed E-state index contributed by atoms with van der Waals surface area (Å²) >= 11 is 0. The number of hydrogen-bond acceptors (Lipinski definition) is 7. The minimum Gasteiger partial charge on any atom is -0.497 e. The van der Waals surface area contributed by atoms with Crippen LogP contribution in [0.3, 0.4) is 0 Å². The molecule has 0 spiro atoms. The zero-order valence-corrected chi connectivity index (χ0v) is 20.0. The topological polar surface area (TPSA) is 115 Å². The van der Waals surface area contributed by atoms with Crippen molar-refractivity contribution in [3.8, 4) is 28.2 Å². The van der Waals surface area contributed by atoms with Gasteiger partial charge in [0.05, 0.1) is 30.4 Å². The van der Waals surface area contributed by atoms with Crippen molar-refractivity contribution in [2.24, 2.45) is 5.92 Å². The quantitative estimate of drug-likeness (QED) is 0.366. The van der Waals surface area contributed by atoms with E-state index in [9.17, 15) is 9.90 Å². The van der Waals surface area contributed by atoms with Crippen LogP contribution >= 0.6 is 0 Å². The Morgan fingerprint density at radius 3 is 2.53 bits per heavy atom. The highest BCUT2D eigenvalue weighted by Crippen LogP contribution is 2.42. The van der Waals surface area contributed by atoms with Crippen LogP contribution in [0.5, 0.6) is 5.75 Å². The number of rotatable bonds is 8. The zero-order valence-electron chi connectivity index (χ0n) is 20.0. The van der Waals surface area contributed by atoms with E-state index in [0.717, 1.165) is 33.5 Å². The minimum absolute atomic E-state index is 0.0736. The highest BCUT2D eigenvalue weighted by Gasteiger charge is 2.31. The number of aromatic nitrogens is 2. The fourth-order valence-electron chi connectivity index (χ4n) is 5.09. The molecule has 1 aliphatic carbocycles. The maximum absolute atomic E-state index is 11.0. The van der Waals surface area contributed by atoms with Crippen molar-refractivity contribution >= 4 is 17.1 Å². The normalized spacial score (nSPS) is 19.9. The second kappa shape index (κ2) is 10.5. The largest absolute Gasteiger partial charge is 0.497 e. The van der Waals surface area contributed by atoms with Crippen molar-refractivity contribution in [2.75, 3.05) is 13.7 Å². The van der Waals surface area contributed by atoms with Gasteiger partial charge in [0, 0.05) is 11.1 Å². The molecule has 0 bridgehead atoms. The van der Waals surface area contributed by atoms with Crippen LogP contribution in [-0.2, 0) is 16.0 Å². The van der Waals surface area contributed by atoms with Gasteiger partial charge in [0.25, 0.3) is 0 Å². The van der Waals surface area contributed by atoms with E-state index in [4.69, 9.17) is 19.0 Å². The van der Waals surface area contributed by atoms with Crippen LogP contribution in [-0.4, -0.2) is 52.1 Å². The van der Waals surface area contributed by atoms with Crippen molar-refractivity contribution in [3.05, 3.63) is 66.6 Å². The number of benzene rings is 2. The van der Waals surface area contributed by atoms with Gasteiger partial charge in [-0.2, -0.15) is 0 Å². The van der Waals surface area contributed by atoms with E-state index in [1.54, 1.807) is 7.11 Å². The van der Waals surface area contributed by atoms with Gasteiger partial charge in [-0.1, -0.05) is 42.5 Å². The predicted molar refractivity (Wildman–Crippen MR) is 134 cm³/mol. The van der Waals surface area contributed by atoms with Crippen molar-refractivity contribution < 1.29 is 28.9 Å². The summed E-state index contributed by atoms with van der Waals surface area (Å²) in [5, 5.41) is 20.3.